The van der Waals surface area contributed by atoms with E-state index >= 15 is 0 Å². The second-order valence-corrected chi connectivity index (χ2v) is 5.24. The summed E-state index contributed by atoms with van der Waals surface area (Å²) in [4.78, 5) is 5.32. The number of ether oxygens (including phenoxy) is 1. The Bertz CT molecular complexity index is 305. The van der Waals surface area contributed by atoms with Gasteiger partial charge >= 0.3 is 0 Å². The summed E-state index contributed by atoms with van der Waals surface area (Å²) >= 11 is 1.63. The minimum absolute atomic E-state index is 0.383. The van der Waals surface area contributed by atoms with Crippen LogP contribution in [-0.2, 0) is 11.2 Å². The average Bonchev–Trinajstić information content (AvgIpc) is 2.68. The summed E-state index contributed by atoms with van der Waals surface area (Å²) in [6.45, 7) is 3.56. The van der Waals surface area contributed by atoms with Crippen molar-refractivity contribution in [1.82, 2.24) is 4.98 Å². The fourth-order valence-electron chi connectivity index (χ4n) is 1.81. The quantitative estimate of drug-likeness (QED) is 0.860. The number of aromatic nitrogens is 1. The molecule has 1 aromatic rings. The van der Waals surface area contributed by atoms with Gasteiger partial charge in [-0.25, -0.2) is 4.98 Å². The van der Waals surface area contributed by atoms with Crippen molar-refractivity contribution < 1.29 is 9.84 Å². The van der Waals surface area contributed by atoms with Crippen LogP contribution in [0.5, 0.6) is 0 Å². The summed E-state index contributed by atoms with van der Waals surface area (Å²) in [5, 5.41) is 10.5. The molecule has 0 radical (unpaired) electrons. The van der Waals surface area contributed by atoms with Crippen LogP contribution >= 0.6 is 11.3 Å². The second-order valence-electron chi connectivity index (χ2n) is 4.09. The van der Waals surface area contributed by atoms with E-state index in [2.05, 4.69) is 4.98 Å². The zero-order valence-corrected chi connectivity index (χ0v) is 9.80. The molecule has 1 aliphatic rings. The first kappa shape index (κ1) is 11.0. The number of hydrogen-bond acceptors (Lipinski definition) is 4. The Kier molecular flexibility index (Phi) is 3.72. The topological polar surface area (TPSA) is 42.4 Å². The largest absolute Gasteiger partial charge is 0.388 e. The lowest BCUT2D eigenvalue weighted by molar-refractivity contribution is 0.0665. The highest BCUT2D eigenvalue weighted by Gasteiger charge is 2.16. The first-order valence-corrected chi connectivity index (χ1v) is 6.28. The van der Waals surface area contributed by atoms with Crippen LogP contribution in [0.15, 0.2) is 6.20 Å². The van der Waals surface area contributed by atoms with Gasteiger partial charge in [-0.3, -0.25) is 0 Å². The molecule has 0 bridgehead atoms. The Labute approximate surface area is 94.1 Å². The number of rotatable bonds is 3. The highest BCUT2D eigenvalue weighted by atomic mass is 32.1. The van der Waals surface area contributed by atoms with Gasteiger partial charge in [-0.05, 0) is 25.7 Å². The van der Waals surface area contributed by atoms with Gasteiger partial charge in [0.25, 0.3) is 0 Å². The molecule has 0 aromatic carbocycles. The molecule has 1 aromatic heterocycles. The molecule has 0 saturated carbocycles. The summed E-state index contributed by atoms with van der Waals surface area (Å²) < 4.78 is 5.32. The van der Waals surface area contributed by atoms with Gasteiger partial charge in [0.1, 0.15) is 0 Å². The van der Waals surface area contributed by atoms with Crippen molar-refractivity contribution in [3.05, 3.63) is 16.1 Å². The van der Waals surface area contributed by atoms with E-state index in [0.717, 1.165) is 42.4 Å². The molecule has 1 saturated heterocycles. The maximum absolute atomic E-state index is 9.39. The molecule has 2 heterocycles. The summed E-state index contributed by atoms with van der Waals surface area (Å²) in [6.07, 6.45) is 4.74. The van der Waals surface area contributed by atoms with E-state index in [9.17, 15) is 5.11 Å². The molecule has 1 aliphatic heterocycles. The fraction of sp³-hybridized carbons (Fsp3) is 0.727. The molecule has 1 N–H and O–H groups in total. The predicted octanol–water partition coefficient (Wildman–Crippen LogP) is 2.17. The Morgan fingerprint density at radius 3 is 2.93 bits per heavy atom. The average molecular weight is 227 g/mol. The third-order valence-corrected chi connectivity index (χ3v) is 3.98. The molecule has 0 aliphatic carbocycles. The molecule has 1 fully saturated rings. The predicted molar refractivity (Wildman–Crippen MR) is 60.0 cm³/mol. The van der Waals surface area contributed by atoms with Crippen molar-refractivity contribution in [2.24, 2.45) is 5.92 Å². The van der Waals surface area contributed by atoms with Crippen molar-refractivity contribution in [3.63, 3.8) is 0 Å². The highest BCUT2D eigenvalue weighted by molar-refractivity contribution is 7.11. The zero-order valence-electron chi connectivity index (χ0n) is 8.98. The van der Waals surface area contributed by atoms with Crippen LogP contribution in [0.3, 0.4) is 0 Å². The normalized spacial score (nSPS) is 20.4. The van der Waals surface area contributed by atoms with Gasteiger partial charge in [0.2, 0.25) is 0 Å². The van der Waals surface area contributed by atoms with Crippen molar-refractivity contribution in [3.8, 4) is 0 Å². The van der Waals surface area contributed by atoms with E-state index in [0.29, 0.717) is 5.92 Å². The molecular formula is C11H17NO2S. The number of thiazole rings is 1. The number of aliphatic hydroxyl groups excluding tert-OH is 1. The summed E-state index contributed by atoms with van der Waals surface area (Å²) in [7, 11) is 0. The Hall–Kier alpha value is -0.450. The lowest BCUT2D eigenvalue weighted by Gasteiger charge is -2.20. The second kappa shape index (κ2) is 5.05. The van der Waals surface area contributed by atoms with Crippen LogP contribution in [0.4, 0.5) is 0 Å². The monoisotopic (exact) mass is 227 g/mol. The van der Waals surface area contributed by atoms with Crippen LogP contribution < -0.4 is 0 Å². The van der Waals surface area contributed by atoms with Gasteiger partial charge in [0, 0.05) is 25.8 Å². The summed E-state index contributed by atoms with van der Waals surface area (Å²) in [6, 6.07) is 0. The minimum Gasteiger partial charge on any atom is -0.388 e. The lowest BCUT2D eigenvalue weighted by atomic mass is 9.97. The molecule has 1 unspecified atom stereocenters. The van der Waals surface area contributed by atoms with E-state index in [1.165, 1.54) is 0 Å². The van der Waals surface area contributed by atoms with Crippen molar-refractivity contribution in [1.29, 1.82) is 0 Å². The molecule has 4 heteroatoms. The van der Waals surface area contributed by atoms with Gasteiger partial charge in [0.05, 0.1) is 16.0 Å². The van der Waals surface area contributed by atoms with Crippen molar-refractivity contribution in [2.75, 3.05) is 13.2 Å². The molecule has 2 rings (SSSR count). The van der Waals surface area contributed by atoms with Crippen molar-refractivity contribution >= 4 is 11.3 Å². The van der Waals surface area contributed by atoms with Gasteiger partial charge < -0.3 is 9.84 Å². The van der Waals surface area contributed by atoms with Gasteiger partial charge in [-0.2, -0.15) is 0 Å². The first-order chi connectivity index (χ1) is 7.25. The SMILES string of the molecule is CC(O)c1cnc(CC2CCOCC2)s1. The minimum atomic E-state index is -0.383. The van der Waals surface area contributed by atoms with Crippen molar-refractivity contribution in [2.45, 2.75) is 32.3 Å². The Morgan fingerprint density at radius 1 is 1.60 bits per heavy atom. The molecule has 0 amide bonds. The molecule has 0 spiro atoms. The van der Waals surface area contributed by atoms with E-state index in [1.54, 1.807) is 24.5 Å². The van der Waals surface area contributed by atoms with E-state index in [-0.39, 0.29) is 6.10 Å². The third-order valence-electron chi connectivity index (χ3n) is 2.79. The van der Waals surface area contributed by atoms with Crippen LogP contribution in [0.1, 0.15) is 35.8 Å². The smallest absolute Gasteiger partial charge is 0.0931 e. The molecule has 84 valence electrons. The first-order valence-electron chi connectivity index (χ1n) is 5.46. The van der Waals surface area contributed by atoms with Crippen LogP contribution in [0.25, 0.3) is 0 Å². The molecule has 15 heavy (non-hydrogen) atoms. The van der Waals surface area contributed by atoms with Gasteiger partial charge in [-0.15, -0.1) is 11.3 Å². The van der Waals surface area contributed by atoms with Gasteiger partial charge in [-0.1, -0.05) is 0 Å². The van der Waals surface area contributed by atoms with Gasteiger partial charge in [0.15, 0.2) is 0 Å². The third kappa shape index (κ3) is 3.00. The standard InChI is InChI=1S/C11H17NO2S/c1-8(13)10-7-12-11(15-10)6-9-2-4-14-5-3-9/h7-9,13H,2-6H2,1H3. The maximum atomic E-state index is 9.39. The number of aliphatic hydroxyl groups is 1. The molecular weight excluding hydrogens is 210 g/mol. The fourth-order valence-corrected chi connectivity index (χ4v) is 2.78. The lowest BCUT2D eigenvalue weighted by Crippen LogP contribution is -2.17. The molecule has 3 nitrogen and oxygen atoms in total. The molecule has 1 atom stereocenters. The van der Waals surface area contributed by atoms with Crippen LogP contribution in [0, 0.1) is 5.92 Å². The number of nitrogens with zero attached hydrogens (tertiary/aromatic N) is 1. The summed E-state index contributed by atoms with van der Waals surface area (Å²) in [5.74, 6) is 0.715. The Morgan fingerprint density at radius 2 is 2.33 bits per heavy atom. The van der Waals surface area contributed by atoms with Crippen LogP contribution in [-0.4, -0.2) is 23.3 Å². The van der Waals surface area contributed by atoms with E-state index in [1.807, 2.05) is 0 Å². The zero-order chi connectivity index (χ0) is 10.7. The number of hydrogen-bond donors (Lipinski definition) is 1. The maximum Gasteiger partial charge on any atom is 0.0931 e. The van der Waals surface area contributed by atoms with E-state index < -0.39 is 0 Å². The van der Waals surface area contributed by atoms with Crippen LogP contribution in [0.2, 0.25) is 0 Å². The Balaban J connectivity index is 1.91. The summed E-state index contributed by atoms with van der Waals surface area (Å²) in [5.41, 5.74) is 0. The highest BCUT2D eigenvalue weighted by Crippen LogP contribution is 2.25. The van der Waals surface area contributed by atoms with E-state index in [4.69, 9.17) is 4.74 Å².